The first-order chi connectivity index (χ1) is 10.9. The van der Waals surface area contributed by atoms with Crippen LogP contribution in [-0.4, -0.2) is 36.9 Å². The van der Waals surface area contributed by atoms with Crippen LogP contribution in [-0.2, 0) is 13.1 Å². The molecule has 0 unspecified atom stereocenters. The maximum absolute atomic E-state index is 12.1. The quantitative estimate of drug-likeness (QED) is 0.472. The van der Waals surface area contributed by atoms with Crippen LogP contribution in [0.25, 0.3) is 0 Å². The first kappa shape index (κ1) is 16.7. The van der Waals surface area contributed by atoms with Crippen LogP contribution in [0.15, 0.2) is 12.3 Å². The Hall–Kier alpha value is -2.71. The first-order valence-electron chi connectivity index (χ1n) is 7.43. The summed E-state index contributed by atoms with van der Waals surface area (Å²) in [6, 6.07) is 1.99. The van der Waals surface area contributed by atoms with E-state index >= 15 is 0 Å². The number of nitro groups is 1. The van der Waals surface area contributed by atoms with Gasteiger partial charge in [0.1, 0.15) is 6.20 Å². The number of hydrogen-bond donors (Lipinski definition) is 1. The Kier molecular flexibility index (Phi) is 5.09. The van der Waals surface area contributed by atoms with Gasteiger partial charge in [-0.05, 0) is 33.3 Å². The number of aryl methyl sites for hydroxylation is 4. The molecule has 9 heteroatoms. The van der Waals surface area contributed by atoms with Gasteiger partial charge in [-0.25, -0.2) is 0 Å². The normalized spacial score (nSPS) is 10.7. The smallest absolute Gasteiger partial charge is 0.320 e. The van der Waals surface area contributed by atoms with Crippen molar-refractivity contribution < 1.29 is 9.72 Å². The van der Waals surface area contributed by atoms with Crippen molar-refractivity contribution in [1.82, 2.24) is 24.9 Å². The lowest BCUT2D eigenvalue weighted by Gasteiger charge is -2.05. The van der Waals surface area contributed by atoms with E-state index in [1.54, 1.807) is 6.92 Å². The van der Waals surface area contributed by atoms with E-state index in [9.17, 15) is 14.9 Å². The van der Waals surface area contributed by atoms with Crippen LogP contribution in [0.2, 0.25) is 0 Å². The van der Waals surface area contributed by atoms with Gasteiger partial charge in [0.2, 0.25) is 5.69 Å². The van der Waals surface area contributed by atoms with Crippen LogP contribution in [0.1, 0.15) is 35.2 Å². The van der Waals surface area contributed by atoms with Crippen molar-refractivity contribution in [3.63, 3.8) is 0 Å². The van der Waals surface area contributed by atoms with Gasteiger partial charge in [0.15, 0.2) is 0 Å². The average Bonchev–Trinajstić information content (AvgIpc) is 3.07. The van der Waals surface area contributed by atoms with Crippen LogP contribution in [0.5, 0.6) is 0 Å². The SMILES string of the molecule is CCn1cc([N+](=O)[O-])c(C(=O)NCCCn2nc(C)cc2C)n1. The van der Waals surface area contributed by atoms with Crippen LogP contribution >= 0.6 is 0 Å². The van der Waals surface area contributed by atoms with Crippen LogP contribution in [0, 0.1) is 24.0 Å². The van der Waals surface area contributed by atoms with Crippen molar-refractivity contribution in [3.05, 3.63) is 39.5 Å². The highest BCUT2D eigenvalue weighted by Crippen LogP contribution is 2.16. The second-order valence-electron chi connectivity index (χ2n) is 5.24. The van der Waals surface area contributed by atoms with Gasteiger partial charge in [0.05, 0.1) is 10.6 Å². The van der Waals surface area contributed by atoms with E-state index in [1.165, 1.54) is 10.9 Å². The summed E-state index contributed by atoms with van der Waals surface area (Å²) < 4.78 is 3.25. The fourth-order valence-corrected chi connectivity index (χ4v) is 2.28. The van der Waals surface area contributed by atoms with E-state index in [4.69, 9.17) is 0 Å². The number of aromatic nitrogens is 4. The Morgan fingerprint density at radius 3 is 2.70 bits per heavy atom. The van der Waals surface area contributed by atoms with Crippen LogP contribution in [0.3, 0.4) is 0 Å². The van der Waals surface area contributed by atoms with Crippen LogP contribution in [0.4, 0.5) is 5.69 Å². The summed E-state index contributed by atoms with van der Waals surface area (Å²) in [6.45, 7) is 7.23. The summed E-state index contributed by atoms with van der Waals surface area (Å²) in [4.78, 5) is 22.4. The molecule has 2 heterocycles. The Bertz CT molecular complexity index is 718. The second kappa shape index (κ2) is 7.03. The lowest BCUT2D eigenvalue weighted by Crippen LogP contribution is -2.26. The Labute approximate surface area is 133 Å². The molecule has 0 saturated carbocycles. The van der Waals surface area contributed by atoms with E-state index in [0.29, 0.717) is 26.1 Å². The molecule has 0 aliphatic heterocycles. The number of nitrogens with one attached hydrogen (secondary N) is 1. The van der Waals surface area contributed by atoms with Crippen LogP contribution < -0.4 is 5.32 Å². The minimum absolute atomic E-state index is 0.150. The monoisotopic (exact) mass is 320 g/mol. The van der Waals surface area contributed by atoms with Gasteiger partial charge < -0.3 is 5.32 Å². The summed E-state index contributed by atoms with van der Waals surface area (Å²) in [5, 5.41) is 21.9. The number of amides is 1. The predicted octanol–water partition coefficient (Wildman–Crippen LogP) is 1.44. The van der Waals surface area contributed by atoms with Crippen molar-refractivity contribution in [3.8, 4) is 0 Å². The van der Waals surface area contributed by atoms with Crippen molar-refractivity contribution in [2.75, 3.05) is 6.54 Å². The lowest BCUT2D eigenvalue weighted by molar-refractivity contribution is -0.385. The molecular weight excluding hydrogens is 300 g/mol. The number of carbonyl (C=O) groups is 1. The van der Waals surface area contributed by atoms with Crippen molar-refractivity contribution in [2.24, 2.45) is 0 Å². The highest BCUT2D eigenvalue weighted by Gasteiger charge is 2.24. The molecule has 23 heavy (non-hydrogen) atoms. The van der Waals surface area contributed by atoms with Crippen molar-refractivity contribution >= 4 is 11.6 Å². The highest BCUT2D eigenvalue weighted by molar-refractivity contribution is 5.95. The lowest BCUT2D eigenvalue weighted by atomic mass is 10.3. The molecular formula is C14H20N6O3. The summed E-state index contributed by atoms with van der Waals surface area (Å²) in [5.41, 5.74) is 1.59. The molecule has 0 bridgehead atoms. The van der Waals surface area contributed by atoms with E-state index in [0.717, 1.165) is 11.4 Å². The third-order valence-corrected chi connectivity index (χ3v) is 3.41. The molecule has 1 N–H and O–H groups in total. The fourth-order valence-electron chi connectivity index (χ4n) is 2.28. The number of nitrogens with zero attached hydrogens (tertiary/aromatic N) is 5. The second-order valence-corrected chi connectivity index (χ2v) is 5.24. The number of rotatable bonds is 7. The number of hydrogen-bond acceptors (Lipinski definition) is 5. The standard InChI is InChI=1S/C14H20N6O3/c1-4-18-9-12(20(22)23)13(17-18)14(21)15-6-5-7-19-11(3)8-10(2)16-19/h8-9H,4-7H2,1-3H3,(H,15,21). The Morgan fingerprint density at radius 1 is 1.39 bits per heavy atom. The van der Waals surface area contributed by atoms with Crippen molar-refractivity contribution in [1.29, 1.82) is 0 Å². The van der Waals surface area contributed by atoms with Gasteiger partial charge in [-0.3, -0.25) is 24.3 Å². The summed E-state index contributed by atoms with van der Waals surface area (Å²) in [5.74, 6) is -0.530. The molecule has 2 aromatic heterocycles. The van der Waals surface area contributed by atoms with Gasteiger partial charge in [0.25, 0.3) is 5.91 Å². The molecule has 2 rings (SSSR count). The molecule has 0 aliphatic carbocycles. The minimum atomic E-state index is -0.593. The minimum Gasteiger partial charge on any atom is -0.350 e. The molecule has 0 atom stereocenters. The number of carbonyl (C=O) groups excluding carboxylic acids is 1. The third kappa shape index (κ3) is 3.93. The molecule has 1 amide bonds. The zero-order chi connectivity index (χ0) is 17.0. The molecule has 9 nitrogen and oxygen atoms in total. The molecule has 0 aromatic carbocycles. The largest absolute Gasteiger partial charge is 0.350 e. The molecule has 0 spiro atoms. The molecule has 0 radical (unpaired) electrons. The third-order valence-electron chi connectivity index (χ3n) is 3.41. The fraction of sp³-hybridized carbons (Fsp3) is 0.500. The summed E-state index contributed by atoms with van der Waals surface area (Å²) in [6.07, 6.45) is 1.95. The Morgan fingerprint density at radius 2 is 2.13 bits per heavy atom. The van der Waals surface area contributed by atoms with E-state index in [-0.39, 0.29) is 11.4 Å². The average molecular weight is 320 g/mol. The highest BCUT2D eigenvalue weighted by atomic mass is 16.6. The van der Waals surface area contributed by atoms with E-state index in [2.05, 4.69) is 15.5 Å². The predicted molar refractivity (Wildman–Crippen MR) is 83.2 cm³/mol. The molecule has 0 fully saturated rings. The van der Waals surface area contributed by atoms with Gasteiger partial charge in [-0.1, -0.05) is 0 Å². The topological polar surface area (TPSA) is 108 Å². The van der Waals surface area contributed by atoms with Gasteiger partial charge in [-0.15, -0.1) is 0 Å². The zero-order valence-electron chi connectivity index (χ0n) is 13.4. The van der Waals surface area contributed by atoms with Gasteiger partial charge >= 0.3 is 5.69 Å². The summed E-state index contributed by atoms with van der Waals surface area (Å²) >= 11 is 0. The maximum atomic E-state index is 12.1. The zero-order valence-corrected chi connectivity index (χ0v) is 13.4. The molecule has 2 aromatic rings. The first-order valence-corrected chi connectivity index (χ1v) is 7.43. The maximum Gasteiger partial charge on any atom is 0.320 e. The van der Waals surface area contributed by atoms with E-state index < -0.39 is 10.8 Å². The van der Waals surface area contributed by atoms with Crippen molar-refractivity contribution in [2.45, 2.75) is 40.3 Å². The summed E-state index contributed by atoms with van der Waals surface area (Å²) in [7, 11) is 0. The molecule has 124 valence electrons. The Balaban J connectivity index is 1.91. The van der Waals surface area contributed by atoms with Gasteiger partial charge in [0, 0.05) is 25.3 Å². The van der Waals surface area contributed by atoms with E-state index in [1.807, 2.05) is 24.6 Å². The molecule has 0 aliphatic rings. The molecule has 0 saturated heterocycles. The van der Waals surface area contributed by atoms with Gasteiger partial charge in [-0.2, -0.15) is 10.2 Å².